The van der Waals surface area contributed by atoms with Crippen LogP contribution in [0.5, 0.6) is 5.75 Å². The smallest absolute Gasteiger partial charge is 0.119 e. The minimum absolute atomic E-state index is 0.419. The predicted octanol–water partition coefficient (Wildman–Crippen LogP) is 3.94. The number of benzene rings is 1. The lowest BCUT2D eigenvalue weighted by Gasteiger charge is -2.59. The molecule has 2 nitrogen and oxygen atoms in total. The molecule has 2 bridgehead atoms. The van der Waals surface area contributed by atoms with Crippen molar-refractivity contribution in [3.8, 4) is 5.75 Å². The lowest BCUT2D eigenvalue weighted by atomic mass is 9.52. The van der Waals surface area contributed by atoms with Crippen molar-refractivity contribution in [2.45, 2.75) is 50.0 Å². The van der Waals surface area contributed by atoms with Crippen LogP contribution >= 0.6 is 0 Å². The van der Waals surface area contributed by atoms with Crippen LogP contribution in [0, 0.1) is 5.92 Å². The molecule has 0 unspecified atom stereocenters. The molecule has 1 aromatic rings. The molecule has 3 atom stereocenters. The zero-order chi connectivity index (χ0) is 15.2. The number of ether oxygens (including phenoxy) is 1. The molecule has 1 heterocycles. The third kappa shape index (κ3) is 1.96. The van der Waals surface area contributed by atoms with Gasteiger partial charge in [0.05, 0.1) is 7.11 Å². The number of fused-ring (bicyclic) bond motifs is 1. The quantitative estimate of drug-likeness (QED) is 0.784. The summed E-state index contributed by atoms with van der Waals surface area (Å²) in [6, 6.07) is 7.54. The van der Waals surface area contributed by atoms with Gasteiger partial charge in [-0.3, -0.25) is 4.90 Å². The molecule has 0 N–H and O–H groups in total. The van der Waals surface area contributed by atoms with Gasteiger partial charge in [-0.25, -0.2) is 0 Å². The van der Waals surface area contributed by atoms with E-state index in [-0.39, 0.29) is 0 Å². The van der Waals surface area contributed by atoms with Gasteiger partial charge in [0.15, 0.2) is 0 Å². The standard InChI is InChI=1S/C20H27NO/c1-3-11-21-12-10-20-9-5-4-6-17(20)19(21)13-15-7-8-16(22-2)14-18(15)20/h3,7-8,14,17,19H,1,4-6,9-13H2,2H3/t17-,19-,20+/m0/s1. The first-order valence-corrected chi connectivity index (χ1v) is 8.81. The molecule has 1 aliphatic heterocycles. The summed E-state index contributed by atoms with van der Waals surface area (Å²) >= 11 is 0. The van der Waals surface area contributed by atoms with Crippen LogP contribution in [0.2, 0.25) is 0 Å². The first kappa shape index (κ1) is 14.3. The highest BCUT2D eigenvalue weighted by Gasteiger charge is 2.53. The van der Waals surface area contributed by atoms with Crippen molar-refractivity contribution in [3.63, 3.8) is 0 Å². The van der Waals surface area contributed by atoms with E-state index < -0.39 is 0 Å². The molecule has 2 heteroatoms. The van der Waals surface area contributed by atoms with Crippen LogP contribution in [-0.2, 0) is 11.8 Å². The van der Waals surface area contributed by atoms with Gasteiger partial charge < -0.3 is 4.74 Å². The Morgan fingerprint density at radius 3 is 3.09 bits per heavy atom. The molecular weight excluding hydrogens is 270 g/mol. The van der Waals surface area contributed by atoms with Crippen molar-refractivity contribution in [3.05, 3.63) is 42.0 Å². The Hall–Kier alpha value is -1.28. The summed E-state index contributed by atoms with van der Waals surface area (Å²) in [6.45, 7) is 6.24. The summed E-state index contributed by atoms with van der Waals surface area (Å²) in [4.78, 5) is 2.69. The van der Waals surface area contributed by atoms with Crippen LogP contribution in [0.15, 0.2) is 30.9 Å². The van der Waals surface area contributed by atoms with E-state index in [4.69, 9.17) is 4.74 Å². The Balaban J connectivity index is 1.82. The second-order valence-electron chi connectivity index (χ2n) is 7.34. The molecule has 1 saturated carbocycles. The molecule has 0 spiro atoms. The van der Waals surface area contributed by atoms with E-state index in [1.807, 2.05) is 0 Å². The van der Waals surface area contributed by atoms with Gasteiger partial charge in [-0.15, -0.1) is 6.58 Å². The van der Waals surface area contributed by atoms with E-state index in [1.54, 1.807) is 18.2 Å². The van der Waals surface area contributed by atoms with Crippen LogP contribution in [0.1, 0.15) is 43.2 Å². The molecule has 2 fully saturated rings. The lowest BCUT2D eigenvalue weighted by Crippen LogP contribution is -2.60. The fourth-order valence-electron chi connectivity index (χ4n) is 5.58. The third-order valence-corrected chi connectivity index (χ3v) is 6.52. The number of hydrogen-bond donors (Lipinski definition) is 0. The third-order valence-electron chi connectivity index (χ3n) is 6.52. The molecule has 1 saturated heterocycles. The normalized spacial score (nSPS) is 33.7. The second-order valence-corrected chi connectivity index (χ2v) is 7.34. The van der Waals surface area contributed by atoms with Gasteiger partial charge in [-0.1, -0.05) is 25.0 Å². The number of rotatable bonds is 3. The average molecular weight is 297 g/mol. The predicted molar refractivity (Wildman–Crippen MR) is 90.5 cm³/mol. The minimum atomic E-state index is 0.419. The molecule has 2 aliphatic carbocycles. The first-order valence-electron chi connectivity index (χ1n) is 8.81. The highest BCUT2D eigenvalue weighted by atomic mass is 16.5. The monoisotopic (exact) mass is 297 g/mol. The minimum Gasteiger partial charge on any atom is -0.497 e. The van der Waals surface area contributed by atoms with Crippen molar-refractivity contribution in [2.24, 2.45) is 5.92 Å². The molecule has 0 radical (unpaired) electrons. The summed E-state index contributed by atoms with van der Waals surface area (Å²) in [6.07, 6.45) is 10.2. The molecule has 118 valence electrons. The highest BCUT2D eigenvalue weighted by Crippen LogP contribution is 2.56. The Bertz CT molecular complexity index is 581. The summed E-state index contributed by atoms with van der Waals surface area (Å²) in [7, 11) is 1.79. The van der Waals surface area contributed by atoms with Crippen LogP contribution in [0.3, 0.4) is 0 Å². The number of methoxy groups -OCH3 is 1. The van der Waals surface area contributed by atoms with Crippen LogP contribution in [-0.4, -0.2) is 31.1 Å². The highest BCUT2D eigenvalue weighted by molar-refractivity contribution is 5.45. The van der Waals surface area contributed by atoms with Gasteiger partial charge in [0, 0.05) is 18.0 Å². The maximum absolute atomic E-state index is 5.53. The molecule has 0 aromatic heterocycles. The van der Waals surface area contributed by atoms with Crippen molar-refractivity contribution in [1.29, 1.82) is 0 Å². The number of hydrogen-bond acceptors (Lipinski definition) is 2. The van der Waals surface area contributed by atoms with Crippen molar-refractivity contribution in [2.75, 3.05) is 20.2 Å². The van der Waals surface area contributed by atoms with E-state index >= 15 is 0 Å². The average Bonchev–Trinajstić information content (AvgIpc) is 2.57. The van der Waals surface area contributed by atoms with Gasteiger partial charge in [0.25, 0.3) is 0 Å². The zero-order valence-corrected chi connectivity index (χ0v) is 13.7. The molecule has 4 rings (SSSR count). The van der Waals surface area contributed by atoms with E-state index in [1.165, 1.54) is 45.1 Å². The van der Waals surface area contributed by atoms with E-state index in [2.05, 4.69) is 35.8 Å². The van der Waals surface area contributed by atoms with Crippen LogP contribution in [0.4, 0.5) is 0 Å². The van der Waals surface area contributed by atoms with E-state index in [9.17, 15) is 0 Å². The van der Waals surface area contributed by atoms with Crippen molar-refractivity contribution in [1.82, 2.24) is 4.90 Å². The van der Waals surface area contributed by atoms with Gasteiger partial charge in [0.2, 0.25) is 0 Å². The SMILES string of the molecule is C=CCN1CC[C@]23CCCC[C@H]2[C@@H]1Cc1ccc(OC)cc13. The summed E-state index contributed by atoms with van der Waals surface area (Å²) in [5.41, 5.74) is 3.60. The fourth-order valence-corrected chi connectivity index (χ4v) is 5.58. The number of piperidine rings is 1. The first-order chi connectivity index (χ1) is 10.8. The largest absolute Gasteiger partial charge is 0.497 e. The second kappa shape index (κ2) is 5.42. The number of likely N-dealkylation sites (tertiary alicyclic amines) is 1. The van der Waals surface area contributed by atoms with Gasteiger partial charge in [-0.05, 0) is 61.4 Å². The molecular formula is C20H27NO. The summed E-state index contributed by atoms with van der Waals surface area (Å²) in [5, 5.41) is 0. The fraction of sp³-hybridized carbons (Fsp3) is 0.600. The van der Waals surface area contributed by atoms with Gasteiger partial charge in [0.1, 0.15) is 5.75 Å². The van der Waals surface area contributed by atoms with Crippen LogP contribution < -0.4 is 4.74 Å². The van der Waals surface area contributed by atoms with E-state index in [0.717, 1.165) is 18.2 Å². The van der Waals surface area contributed by atoms with Crippen molar-refractivity contribution < 1.29 is 4.74 Å². The van der Waals surface area contributed by atoms with E-state index in [0.29, 0.717) is 11.5 Å². The van der Waals surface area contributed by atoms with Crippen LogP contribution in [0.25, 0.3) is 0 Å². The number of nitrogens with zero attached hydrogens (tertiary/aromatic N) is 1. The topological polar surface area (TPSA) is 12.5 Å². The van der Waals surface area contributed by atoms with Crippen molar-refractivity contribution >= 4 is 0 Å². The van der Waals surface area contributed by atoms with Gasteiger partial charge >= 0.3 is 0 Å². The summed E-state index contributed by atoms with van der Waals surface area (Å²) < 4.78 is 5.53. The molecule has 3 aliphatic rings. The Kier molecular flexibility index (Phi) is 3.53. The van der Waals surface area contributed by atoms with Gasteiger partial charge in [-0.2, -0.15) is 0 Å². The Morgan fingerprint density at radius 2 is 2.27 bits per heavy atom. The Labute approximate surface area is 134 Å². The summed E-state index contributed by atoms with van der Waals surface area (Å²) in [5.74, 6) is 1.86. The lowest BCUT2D eigenvalue weighted by molar-refractivity contribution is -0.00517. The molecule has 0 amide bonds. The maximum Gasteiger partial charge on any atom is 0.119 e. The molecule has 22 heavy (non-hydrogen) atoms. The zero-order valence-electron chi connectivity index (χ0n) is 13.7. The Morgan fingerprint density at radius 1 is 1.36 bits per heavy atom. The maximum atomic E-state index is 5.53. The molecule has 1 aromatic carbocycles.